The summed E-state index contributed by atoms with van der Waals surface area (Å²) in [4.78, 5) is 0. The molecule has 0 aliphatic carbocycles. The summed E-state index contributed by atoms with van der Waals surface area (Å²) in [6.07, 6.45) is 0. The lowest BCUT2D eigenvalue weighted by atomic mass is 10.2. The minimum atomic E-state index is -5.24. The summed E-state index contributed by atoms with van der Waals surface area (Å²) in [5, 5.41) is 6.07. The average molecular weight is 268 g/mol. The molecule has 16 heavy (non-hydrogen) atoms. The normalized spacial score (nSPS) is 26.3. The smallest absolute Gasteiger partial charge is 0.209 e. The van der Waals surface area contributed by atoms with Crippen LogP contribution in [0.4, 0.5) is 0 Å². The fourth-order valence-corrected chi connectivity index (χ4v) is 3.40. The number of nitrogens with zero attached hydrogens (tertiary/aromatic N) is 1. The van der Waals surface area contributed by atoms with Crippen molar-refractivity contribution in [3.8, 4) is 6.07 Å². The van der Waals surface area contributed by atoms with Crippen molar-refractivity contribution in [1.82, 2.24) is 0 Å². The maximum atomic E-state index is 10.7. The largest absolute Gasteiger partial charge is 0.747 e. The molecule has 0 amide bonds. The fourth-order valence-electron chi connectivity index (χ4n) is 1.14. The van der Waals surface area contributed by atoms with Gasteiger partial charge in [-0.25, -0.2) is 16.8 Å². The fraction of sp³-hybridized carbons (Fsp3) is 0.400. The van der Waals surface area contributed by atoms with Crippen LogP contribution in [-0.4, -0.2) is 36.6 Å². The number of ether oxygens (including phenoxy) is 1. The molecule has 2 atom stereocenters. The van der Waals surface area contributed by atoms with Crippen LogP contribution in [0.25, 0.3) is 0 Å². The standard InChI is InChI=1S/C5H6N2O7S2/c6-1-2-3(15(8,9)10)5(14-4(2)7)16(11,12)13/h3,5H,7H2,(H,8,9,10)(H,11,12,13)/p-2. The third kappa shape index (κ3) is 2.09. The van der Waals surface area contributed by atoms with E-state index in [1.807, 2.05) is 0 Å². The molecule has 0 aromatic rings. The molecular weight excluding hydrogens is 264 g/mol. The molecule has 0 aromatic heterocycles. The van der Waals surface area contributed by atoms with E-state index in [1.165, 1.54) is 6.07 Å². The Morgan fingerprint density at radius 2 is 1.75 bits per heavy atom. The summed E-state index contributed by atoms with van der Waals surface area (Å²) >= 11 is 0. The highest BCUT2D eigenvalue weighted by Gasteiger charge is 2.44. The van der Waals surface area contributed by atoms with Gasteiger partial charge in [0.2, 0.25) is 11.3 Å². The lowest BCUT2D eigenvalue weighted by Gasteiger charge is -2.23. The van der Waals surface area contributed by atoms with Gasteiger partial charge in [0, 0.05) is 0 Å². The highest BCUT2D eigenvalue weighted by molar-refractivity contribution is 7.90. The number of rotatable bonds is 2. The molecule has 0 saturated carbocycles. The van der Waals surface area contributed by atoms with Gasteiger partial charge in [-0.1, -0.05) is 0 Å². The number of hydrogen-bond donors (Lipinski definition) is 1. The van der Waals surface area contributed by atoms with Crippen molar-refractivity contribution in [2.24, 2.45) is 5.73 Å². The summed E-state index contributed by atoms with van der Waals surface area (Å²) in [7, 11) is -10.5. The van der Waals surface area contributed by atoms with Gasteiger partial charge in [-0.15, -0.1) is 0 Å². The summed E-state index contributed by atoms with van der Waals surface area (Å²) in [5.74, 6) is -0.851. The number of nitrogens with two attached hydrogens (primary N) is 1. The van der Waals surface area contributed by atoms with Gasteiger partial charge >= 0.3 is 0 Å². The Morgan fingerprint density at radius 3 is 2.06 bits per heavy atom. The monoisotopic (exact) mass is 268 g/mol. The molecular formula is C5H4N2O7S2-2. The van der Waals surface area contributed by atoms with E-state index in [2.05, 4.69) is 4.74 Å². The molecule has 1 aliphatic rings. The van der Waals surface area contributed by atoms with Crippen LogP contribution in [0.3, 0.4) is 0 Å². The third-order valence-electron chi connectivity index (χ3n) is 1.76. The first-order valence-corrected chi connectivity index (χ1v) is 6.49. The number of nitriles is 1. The summed E-state index contributed by atoms with van der Waals surface area (Å²) in [6, 6.07) is 1.22. The first-order chi connectivity index (χ1) is 7.09. The summed E-state index contributed by atoms with van der Waals surface area (Å²) in [5.41, 5.74) is 1.61. The van der Waals surface area contributed by atoms with E-state index in [0.29, 0.717) is 0 Å². The predicted octanol–water partition coefficient (Wildman–Crippen LogP) is -2.50. The van der Waals surface area contributed by atoms with Crippen LogP contribution >= 0.6 is 0 Å². The van der Waals surface area contributed by atoms with Crippen LogP contribution < -0.4 is 5.73 Å². The molecule has 90 valence electrons. The lowest BCUT2D eigenvalue weighted by Crippen LogP contribution is -2.38. The first-order valence-electron chi connectivity index (χ1n) is 3.55. The Balaban J connectivity index is 3.41. The van der Waals surface area contributed by atoms with Crippen LogP contribution in [-0.2, 0) is 25.0 Å². The highest BCUT2D eigenvalue weighted by Crippen LogP contribution is 2.30. The molecule has 2 N–H and O–H groups in total. The molecule has 1 rings (SSSR count). The third-order valence-corrected chi connectivity index (χ3v) is 3.97. The van der Waals surface area contributed by atoms with Gasteiger partial charge in [0.25, 0.3) is 0 Å². The van der Waals surface area contributed by atoms with Crippen molar-refractivity contribution in [2.45, 2.75) is 10.7 Å². The summed E-state index contributed by atoms with van der Waals surface area (Å²) in [6.45, 7) is 0. The van der Waals surface area contributed by atoms with Gasteiger partial charge in [0.05, 0.1) is 0 Å². The molecule has 0 radical (unpaired) electrons. The van der Waals surface area contributed by atoms with Crippen LogP contribution in [0.1, 0.15) is 0 Å². The van der Waals surface area contributed by atoms with Gasteiger partial charge < -0.3 is 19.6 Å². The van der Waals surface area contributed by atoms with Crippen molar-refractivity contribution in [1.29, 1.82) is 5.26 Å². The maximum absolute atomic E-state index is 10.7. The van der Waals surface area contributed by atoms with Crippen molar-refractivity contribution in [3.05, 3.63) is 11.5 Å². The van der Waals surface area contributed by atoms with Crippen LogP contribution in [0.5, 0.6) is 0 Å². The Hall–Kier alpha value is -1.35. The summed E-state index contributed by atoms with van der Waals surface area (Å²) < 4.78 is 68.3. The van der Waals surface area contributed by atoms with E-state index in [9.17, 15) is 25.9 Å². The minimum absolute atomic E-state index is 0.851. The zero-order valence-corrected chi connectivity index (χ0v) is 8.99. The molecule has 0 fully saturated rings. The highest BCUT2D eigenvalue weighted by atomic mass is 32.2. The van der Waals surface area contributed by atoms with Gasteiger partial charge in [0.1, 0.15) is 37.1 Å². The molecule has 0 aromatic carbocycles. The van der Waals surface area contributed by atoms with Crippen molar-refractivity contribution in [2.75, 3.05) is 0 Å². The van der Waals surface area contributed by atoms with E-state index >= 15 is 0 Å². The van der Waals surface area contributed by atoms with Crippen molar-refractivity contribution >= 4 is 20.2 Å². The van der Waals surface area contributed by atoms with E-state index in [-0.39, 0.29) is 0 Å². The van der Waals surface area contributed by atoms with Crippen molar-refractivity contribution < 1.29 is 30.7 Å². The first kappa shape index (κ1) is 12.7. The molecule has 1 heterocycles. The Labute approximate surface area is 90.6 Å². The van der Waals surface area contributed by atoms with Gasteiger partial charge in [-0.2, -0.15) is 5.26 Å². The van der Waals surface area contributed by atoms with Gasteiger partial charge in [-0.3, -0.25) is 0 Å². The van der Waals surface area contributed by atoms with E-state index < -0.39 is 42.4 Å². The SMILES string of the molecule is N#CC1=C(N)OC(S(=O)(=O)[O-])C1S(=O)(=O)[O-]. The van der Waals surface area contributed by atoms with Crippen LogP contribution in [0, 0.1) is 11.3 Å². The zero-order valence-electron chi connectivity index (χ0n) is 7.35. The second-order valence-corrected chi connectivity index (χ2v) is 5.73. The topological polar surface area (TPSA) is 173 Å². The second kappa shape index (κ2) is 3.59. The Morgan fingerprint density at radius 1 is 1.25 bits per heavy atom. The maximum Gasteiger partial charge on any atom is 0.209 e. The molecule has 9 nitrogen and oxygen atoms in total. The zero-order chi connectivity index (χ0) is 12.7. The van der Waals surface area contributed by atoms with E-state index in [1.54, 1.807) is 0 Å². The van der Waals surface area contributed by atoms with Crippen LogP contribution in [0.2, 0.25) is 0 Å². The quantitative estimate of drug-likeness (QED) is 0.530. The predicted molar refractivity (Wildman–Crippen MR) is 44.9 cm³/mol. The Kier molecular flexibility index (Phi) is 2.86. The van der Waals surface area contributed by atoms with Crippen molar-refractivity contribution in [3.63, 3.8) is 0 Å². The van der Waals surface area contributed by atoms with Crippen LogP contribution in [0.15, 0.2) is 11.5 Å². The molecule has 0 bridgehead atoms. The van der Waals surface area contributed by atoms with E-state index in [4.69, 9.17) is 11.0 Å². The Bertz CT molecular complexity index is 581. The molecule has 1 aliphatic heterocycles. The van der Waals surface area contributed by atoms with E-state index in [0.717, 1.165) is 0 Å². The molecule has 2 unspecified atom stereocenters. The molecule has 0 spiro atoms. The average Bonchev–Trinajstić information content (AvgIpc) is 2.40. The second-order valence-electron chi connectivity index (χ2n) is 2.78. The van der Waals surface area contributed by atoms with Gasteiger partial charge in [0.15, 0.2) is 0 Å². The lowest BCUT2D eigenvalue weighted by molar-refractivity contribution is 0.190. The van der Waals surface area contributed by atoms with Gasteiger partial charge in [-0.05, 0) is 0 Å². The minimum Gasteiger partial charge on any atom is -0.747 e. The number of hydrogen-bond acceptors (Lipinski definition) is 9. The molecule has 0 saturated heterocycles. The molecule has 11 heteroatoms.